The molecule has 0 aromatic rings. The lowest BCUT2D eigenvalue weighted by Crippen LogP contribution is -2.63. The molecule has 4 fully saturated rings. The van der Waals surface area contributed by atoms with Crippen LogP contribution in [0, 0.1) is 45.3 Å². The normalized spacial score (nSPS) is 47.1. The van der Waals surface area contributed by atoms with Gasteiger partial charge in [0.2, 0.25) is 0 Å². The molecular weight excluding hydrogens is 392 g/mol. The van der Waals surface area contributed by atoms with Crippen molar-refractivity contribution in [1.29, 1.82) is 0 Å². The van der Waals surface area contributed by atoms with Gasteiger partial charge in [0.25, 0.3) is 0 Å². The van der Waals surface area contributed by atoms with Crippen LogP contribution >= 0.6 is 0 Å². The van der Waals surface area contributed by atoms with Crippen LogP contribution in [0.4, 0.5) is 0 Å². The van der Waals surface area contributed by atoms with Gasteiger partial charge in [-0.1, -0.05) is 46.3 Å². The zero-order chi connectivity index (χ0) is 23.7. The highest BCUT2D eigenvalue weighted by molar-refractivity contribution is 5.85. The van der Waals surface area contributed by atoms with Crippen LogP contribution in [-0.4, -0.2) is 16.5 Å². The van der Waals surface area contributed by atoms with E-state index in [4.69, 9.17) is 0 Å². The van der Waals surface area contributed by atoms with E-state index in [1.54, 1.807) is 0 Å². The minimum Gasteiger partial charge on any atom is -0.390 e. The Hall–Kier alpha value is -0.630. The number of carbonyl (C=O) groups excluding carboxylic acids is 1. The molecule has 0 bridgehead atoms. The highest BCUT2D eigenvalue weighted by atomic mass is 16.3. The quantitative estimate of drug-likeness (QED) is 0.452. The number of hydrogen-bond donors (Lipinski definition) is 1. The third kappa shape index (κ3) is 3.32. The van der Waals surface area contributed by atoms with Crippen molar-refractivity contribution in [2.75, 3.05) is 0 Å². The zero-order valence-corrected chi connectivity index (χ0v) is 22.3. The van der Waals surface area contributed by atoms with Crippen LogP contribution in [0.2, 0.25) is 0 Å². The molecule has 0 amide bonds. The molecule has 4 rings (SSSR count). The summed E-state index contributed by atoms with van der Waals surface area (Å²) in [6.45, 7) is 18.7. The van der Waals surface area contributed by atoms with E-state index in [9.17, 15) is 9.90 Å². The van der Waals surface area contributed by atoms with Crippen molar-refractivity contribution < 1.29 is 9.90 Å². The third-order valence-electron chi connectivity index (χ3n) is 12.1. The molecule has 182 valence electrons. The van der Waals surface area contributed by atoms with Crippen molar-refractivity contribution in [2.24, 2.45) is 45.3 Å². The number of Topliss-reactive ketones (excluding diaryl/α,β-unsaturated/α-hetero) is 1. The largest absolute Gasteiger partial charge is 0.390 e. The van der Waals surface area contributed by atoms with Gasteiger partial charge in [0.05, 0.1) is 5.60 Å². The Morgan fingerprint density at radius 1 is 0.969 bits per heavy atom. The summed E-state index contributed by atoms with van der Waals surface area (Å²) >= 11 is 0. The van der Waals surface area contributed by atoms with E-state index in [0.717, 1.165) is 25.7 Å². The van der Waals surface area contributed by atoms with E-state index in [2.05, 4.69) is 61.5 Å². The Bertz CT molecular complexity index is 787. The van der Waals surface area contributed by atoms with Crippen LogP contribution in [0.5, 0.6) is 0 Å². The molecule has 3 unspecified atom stereocenters. The first-order valence-corrected chi connectivity index (χ1v) is 13.6. The molecule has 4 aliphatic carbocycles. The molecule has 8 atom stereocenters. The number of ketones is 1. The van der Waals surface area contributed by atoms with Crippen LogP contribution in [0.25, 0.3) is 0 Å². The van der Waals surface area contributed by atoms with Gasteiger partial charge in [0.15, 0.2) is 0 Å². The Kier molecular flexibility index (Phi) is 5.89. The van der Waals surface area contributed by atoms with E-state index >= 15 is 0 Å². The minimum atomic E-state index is -0.572. The lowest BCUT2D eigenvalue weighted by molar-refractivity contribution is -0.207. The molecule has 4 saturated carbocycles. The average molecular weight is 443 g/mol. The van der Waals surface area contributed by atoms with E-state index < -0.39 is 5.60 Å². The fraction of sp³-hybridized carbons (Fsp3) is 0.900. The highest BCUT2D eigenvalue weighted by Crippen LogP contribution is 2.75. The van der Waals surface area contributed by atoms with E-state index in [0.29, 0.717) is 40.3 Å². The lowest BCUT2D eigenvalue weighted by Gasteiger charge is -2.69. The zero-order valence-electron chi connectivity index (χ0n) is 22.3. The molecule has 0 aliphatic heterocycles. The van der Waals surface area contributed by atoms with Gasteiger partial charge in [0.1, 0.15) is 5.78 Å². The topological polar surface area (TPSA) is 37.3 Å². The van der Waals surface area contributed by atoms with Gasteiger partial charge in [-0.05, 0) is 118 Å². The van der Waals surface area contributed by atoms with Gasteiger partial charge < -0.3 is 5.11 Å². The molecule has 32 heavy (non-hydrogen) atoms. The first-order valence-electron chi connectivity index (χ1n) is 13.6. The number of carbonyl (C=O) groups is 1. The van der Waals surface area contributed by atoms with Gasteiger partial charge in [-0.25, -0.2) is 0 Å². The monoisotopic (exact) mass is 442 g/mol. The highest BCUT2D eigenvalue weighted by Gasteiger charge is 2.69. The van der Waals surface area contributed by atoms with Crippen molar-refractivity contribution in [3.05, 3.63) is 11.6 Å². The first kappa shape index (κ1) is 24.5. The average Bonchev–Trinajstić information content (AvgIpc) is 3.04. The Balaban J connectivity index is 1.62. The lowest BCUT2D eigenvalue weighted by atomic mass is 9.35. The maximum Gasteiger partial charge on any atom is 0.138 e. The Labute approximate surface area is 198 Å². The fourth-order valence-electron chi connectivity index (χ4n) is 10.1. The van der Waals surface area contributed by atoms with Gasteiger partial charge in [0, 0.05) is 11.8 Å². The predicted octanol–water partition coefficient (Wildman–Crippen LogP) is 7.74. The third-order valence-corrected chi connectivity index (χ3v) is 12.1. The van der Waals surface area contributed by atoms with E-state index in [1.165, 1.54) is 44.1 Å². The summed E-state index contributed by atoms with van der Waals surface area (Å²) < 4.78 is 0. The van der Waals surface area contributed by atoms with Crippen molar-refractivity contribution in [1.82, 2.24) is 0 Å². The smallest absolute Gasteiger partial charge is 0.138 e. The maximum absolute atomic E-state index is 12.8. The molecule has 0 saturated heterocycles. The molecular formula is C30H50O2. The second-order valence-corrected chi connectivity index (χ2v) is 14.1. The molecule has 0 radical (unpaired) electrons. The van der Waals surface area contributed by atoms with Gasteiger partial charge >= 0.3 is 0 Å². The van der Waals surface area contributed by atoms with Gasteiger partial charge in [-0.3, -0.25) is 4.79 Å². The van der Waals surface area contributed by atoms with Crippen LogP contribution in [0.15, 0.2) is 11.6 Å². The molecule has 2 heteroatoms. The minimum absolute atomic E-state index is 0.168. The Morgan fingerprint density at radius 2 is 1.62 bits per heavy atom. The van der Waals surface area contributed by atoms with Crippen molar-refractivity contribution in [3.8, 4) is 0 Å². The second kappa shape index (κ2) is 7.69. The molecule has 0 heterocycles. The van der Waals surface area contributed by atoms with E-state index in [1.807, 2.05) is 0 Å². The fourth-order valence-corrected chi connectivity index (χ4v) is 10.1. The SMILES string of the molecule is CC(C)=CCCC(C)(O)C1CC[C@]2(C)C1CC[C@@H]1[C@@]3(C)CCC(=O)C(C)(C)[C@@H]3CC[C@]12C. The van der Waals surface area contributed by atoms with Crippen molar-refractivity contribution in [2.45, 2.75) is 125 Å². The summed E-state index contributed by atoms with van der Waals surface area (Å²) in [6, 6.07) is 0. The van der Waals surface area contributed by atoms with Crippen molar-refractivity contribution >= 4 is 5.78 Å². The summed E-state index contributed by atoms with van der Waals surface area (Å²) in [4.78, 5) is 12.8. The number of rotatable bonds is 4. The molecule has 0 spiro atoms. The number of fused-ring (bicyclic) bond motifs is 5. The number of hydrogen-bond acceptors (Lipinski definition) is 2. The predicted molar refractivity (Wildman–Crippen MR) is 133 cm³/mol. The summed E-state index contributed by atoms with van der Waals surface area (Å²) in [7, 11) is 0. The number of aliphatic hydroxyl groups is 1. The summed E-state index contributed by atoms with van der Waals surface area (Å²) in [6.07, 6.45) is 13.5. The van der Waals surface area contributed by atoms with Crippen LogP contribution in [0.1, 0.15) is 120 Å². The van der Waals surface area contributed by atoms with Crippen LogP contribution in [0.3, 0.4) is 0 Å². The summed E-state index contributed by atoms with van der Waals surface area (Å²) in [5, 5.41) is 11.6. The summed E-state index contributed by atoms with van der Waals surface area (Å²) in [5.74, 6) is 2.78. The van der Waals surface area contributed by atoms with Gasteiger partial charge in [-0.2, -0.15) is 0 Å². The molecule has 0 aromatic carbocycles. The maximum atomic E-state index is 12.8. The first-order chi connectivity index (χ1) is 14.7. The van der Waals surface area contributed by atoms with E-state index in [-0.39, 0.29) is 10.8 Å². The standard InChI is InChI=1S/C30H50O2/c1-20(2)10-9-16-30(8,32)22-13-18-28(6)21(22)11-12-24-27(5)17-15-25(31)26(3,4)23(27)14-19-29(24,28)7/h10,21-24,32H,9,11-19H2,1-8H3/t21?,22?,23-,24+,27-,28+,29+,30?/m0/s1. The Morgan fingerprint density at radius 3 is 2.28 bits per heavy atom. The second-order valence-electron chi connectivity index (χ2n) is 14.1. The molecule has 4 aliphatic rings. The summed E-state index contributed by atoms with van der Waals surface area (Å²) in [5.41, 5.74) is 1.52. The van der Waals surface area contributed by atoms with Crippen molar-refractivity contribution in [3.63, 3.8) is 0 Å². The van der Waals surface area contributed by atoms with Crippen LogP contribution < -0.4 is 0 Å². The van der Waals surface area contributed by atoms with Crippen LogP contribution in [-0.2, 0) is 4.79 Å². The molecule has 1 N–H and O–H groups in total. The number of allylic oxidation sites excluding steroid dienone is 2. The molecule has 0 aromatic heterocycles. The van der Waals surface area contributed by atoms with Gasteiger partial charge in [-0.15, -0.1) is 0 Å². The molecule has 2 nitrogen and oxygen atoms in total.